The van der Waals surface area contributed by atoms with Gasteiger partial charge in [0.15, 0.2) is 0 Å². The number of hydrogen-bond donors (Lipinski definition) is 1. The van der Waals surface area contributed by atoms with Gasteiger partial charge in [0.1, 0.15) is 0 Å². The first kappa shape index (κ1) is 14.1. The molecule has 0 unspecified atom stereocenters. The van der Waals surface area contributed by atoms with E-state index < -0.39 is 0 Å². The van der Waals surface area contributed by atoms with E-state index in [2.05, 4.69) is 41.2 Å². The van der Waals surface area contributed by atoms with Gasteiger partial charge >= 0.3 is 0 Å². The van der Waals surface area contributed by atoms with Crippen molar-refractivity contribution in [2.45, 2.75) is 64.3 Å². The monoisotopic (exact) mass is 275 g/mol. The molecule has 0 aromatic carbocycles. The molecule has 112 valence electrons. The van der Waals surface area contributed by atoms with Crippen LogP contribution in [0.15, 0.2) is 12.5 Å². The molecule has 1 aromatic heterocycles. The molecule has 1 N–H and O–H groups in total. The average Bonchev–Trinajstić information content (AvgIpc) is 2.91. The second kappa shape index (κ2) is 5.88. The number of hydrogen-bond acceptors (Lipinski definition) is 2. The molecule has 1 aliphatic carbocycles. The minimum Gasteiger partial charge on any atom is -0.334 e. The van der Waals surface area contributed by atoms with Gasteiger partial charge in [-0.15, -0.1) is 0 Å². The number of nitrogens with one attached hydrogen (secondary N) is 1. The van der Waals surface area contributed by atoms with Gasteiger partial charge in [0.05, 0.1) is 6.33 Å². The second-order valence-corrected chi connectivity index (χ2v) is 7.37. The lowest BCUT2D eigenvalue weighted by Gasteiger charge is -2.35. The summed E-state index contributed by atoms with van der Waals surface area (Å²) in [6, 6.07) is 0. The Bertz CT molecular complexity index is 423. The number of piperidine rings is 1. The summed E-state index contributed by atoms with van der Waals surface area (Å²) in [6.07, 6.45) is 12.3. The second-order valence-electron chi connectivity index (χ2n) is 7.37. The quantitative estimate of drug-likeness (QED) is 0.917. The van der Waals surface area contributed by atoms with E-state index in [-0.39, 0.29) is 0 Å². The van der Waals surface area contributed by atoms with Crippen molar-refractivity contribution in [2.24, 2.45) is 11.8 Å². The Kier molecular flexibility index (Phi) is 4.16. The van der Waals surface area contributed by atoms with Crippen LogP contribution in [0.4, 0.5) is 0 Å². The Hall–Kier alpha value is -0.830. The van der Waals surface area contributed by atoms with E-state index in [1.165, 1.54) is 50.8 Å². The first-order chi connectivity index (χ1) is 9.67. The standard InChI is InChI=1S/C17H29N3/c1-14-3-5-15(6-4-14)12-20-13-19-11-16(20)17(2)7-9-18-10-8-17/h11,13-15,18H,3-10,12H2,1-2H3. The Balaban J connectivity index is 1.70. The predicted molar refractivity (Wildman–Crippen MR) is 82.8 cm³/mol. The lowest BCUT2D eigenvalue weighted by Crippen LogP contribution is -2.39. The van der Waals surface area contributed by atoms with Crippen molar-refractivity contribution >= 4 is 0 Å². The van der Waals surface area contributed by atoms with E-state index in [9.17, 15) is 0 Å². The molecule has 0 bridgehead atoms. The largest absolute Gasteiger partial charge is 0.334 e. The molecular weight excluding hydrogens is 246 g/mol. The van der Waals surface area contributed by atoms with Gasteiger partial charge in [0, 0.05) is 23.9 Å². The van der Waals surface area contributed by atoms with E-state index in [4.69, 9.17) is 0 Å². The van der Waals surface area contributed by atoms with Gasteiger partial charge in [-0.2, -0.15) is 0 Å². The summed E-state index contributed by atoms with van der Waals surface area (Å²) in [7, 11) is 0. The molecule has 1 aromatic rings. The van der Waals surface area contributed by atoms with Gasteiger partial charge in [-0.1, -0.05) is 26.7 Å². The zero-order valence-corrected chi connectivity index (χ0v) is 13.1. The van der Waals surface area contributed by atoms with Crippen LogP contribution in [0, 0.1) is 11.8 Å². The molecule has 0 atom stereocenters. The van der Waals surface area contributed by atoms with Crippen molar-refractivity contribution in [3.8, 4) is 0 Å². The van der Waals surface area contributed by atoms with E-state index in [1.807, 2.05) is 0 Å². The summed E-state index contributed by atoms with van der Waals surface area (Å²) >= 11 is 0. The summed E-state index contributed by atoms with van der Waals surface area (Å²) in [5.74, 6) is 1.81. The normalized spacial score (nSPS) is 30.3. The number of aromatic nitrogens is 2. The minimum absolute atomic E-state index is 0.323. The molecule has 2 aliphatic rings. The predicted octanol–water partition coefficient (Wildman–Crippen LogP) is 3.35. The van der Waals surface area contributed by atoms with Gasteiger partial charge in [-0.25, -0.2) is 4.98 Å². The number of nitrogens with zero attached hydrogens (tertiary/aromatic N) is 2. The fraction of sp³-hybridized carbons (Fsp3) is 0.824. The van der Waals surface area contributed by atoms with Gasteiger partial charge in [0.2, 0.25) is 0 Å². The lowest BCUT2D eigenvalue weighted by molar-refractivity contribution is 0.252. The molecule has 20 heavy (non-hydrogen) atoms. The Morgan fingerprint density at radius 3 is 2.65 bits per heavy atom. The van der Waals surface area contributed by atoms with Crippen LogP contribution in [-0.4, -0.2) is 22.6 Å². The third-order valence-electron chi connectivity index (χ3n) is 5.63. The third-order valence-corrected chi connectivity index (χ3v) is 5.63. The minimum atomic E-state index is 0.323. The molecule has 0 radical (unpaired) electrons. The first-order valence-electron chi connectivity index (χ1n) is 8.39. The molecule has 2 heterocycles. The maximum atomic E-state index is 4.47. The molecule has 3 heteroatoms. The van der Waals surface area contributed by atoms with E-state index in [0.717, 1.165) is 24.9 Å². The summed E-state index contributed by atoms with van der Waals surface area (Å²) in [5.41, 5.74) is 1.79. The average molecular weight is 275 g/mol. The van der Waals surface area contributed by atoms with Gasteiger partial charge < -0.3 is 9.88 Å². The Morgan fingerprint density at radius 2 is 1.95 bits per heavy atom. The summed E-state index contributed by atoms with van der Waals surface area (Å²) in [4.78, 5) is 4.47. The van der Waals surface area contributed by atoms with Gasteiger partial charge in [-0.05, 0) is 50.6 Å². The Morgan fingerprint density at radius 1 is 1.25 bits per heavy atom. The number of rotatable bonds is 3. The highest BCUT2D eigenvalue weighted by atomic mass is 15.1. The highest BCUT2D eigenvalue weighted by Crippen LogP contribution is 2.34. The van der Waals surface area contributed by atoms with E-state index >= 15 is 0 Å². The molecule has 0 amide bonds. The SMILES string of the molecule is CC1CCC(Cn2cncc2C2(C)CCNCC2)CC1. The highest BCUT2D eigenvalue weighted by molar-refractivity contribution is 5.15. The maximum Gasteiger partial charge on any atom is 0.0948 e. The van der Waals surface area contributed by atoms with Crippen LogP contribution in [0.2, 0.25) is 0 Å². The van der Waals surface area contributed by atoms with Crippen LogP contribution < -0.4 is 5.32 Å². The van der Waals surface area contributed by atoms with Crippen LogP contribution in [0.5, 0.6) is 0 Å². The first-order valence-corrected chi connectivity index (χ1v) is 8.39. The topological polar surface area (TPSA) is 29.9 Å². The smallest absolute Gasteiger partial charge is 0.0948 e. The zero-order chi connectivity index (χ0) is 14.0. The molecule has 3 rings (SSSR count). The van der Waals surface area contributed by atoms with Crippen molar-refractivity contribution in [1.82, 2.24) is 14.9 Å². The van der Waals surface area contributed by atoms with Crippen LogP contribution in [0.1, 0.15) is 58.1 Å². The van der Waals surface area contributed by atoms with E-state index in [0.29, 0.717) is 5.41 Å². The van der Waals surface area contributed by atoms with Crippen LogP contribution in [0.25, 0.3) is 0 Å². The van der Waals surface area contributed by atoms with Crippen molar-refractivity contribution < 1.29 is 0 Å². The molecule has 2 fully saturated rings. The fourth-order valence-corrected chi connectivity index (χ4v) is 3.99. The van der Waals surface area contributed by atoms with Crippen LogP contribution >= 0.6 is 0 Å². The molecule has 1 aliphatic heterocycles. The lowest BCUT2D eigenvalue weighted by atomic mass is 9.78. The van der Waals surface area contributed by atoms with Gasteiger partial charge in [-0.3, -0.25) is 0 Å². The summed E-state index contributed by atoms with van der Waals surface area (Å²) < 4.78 is 2.46. The third kappa shape index (κ3) is 2.93. The summed E-state index contributed by atoms with van der Waals surface area (Å²) in [6.45, 7) is 8.29. The fourth-order valence-electron chi connectivity index (χ4n) is 3.99. The molecule has 3 nitrogen and oxygen atoms in total. The summed E-state index contributed by atoms with van der Waals surface area (Å²) in [5, 5.41) is 3.48. The van der Waals surface area contributed by atoms with Crippen molar-refractivity contribution in [3.05, 3.63) is 18.2 Å². The van der Waals surface area contributed by atoms with Crippen molar-refractivity contribution in [2.75, 3.05) is 13.1 Å². The molecule has 1 saturated carbocycles. The molecular formula is C17H29N3. The zero-order valence-electron chi connectivity index (χ0n) is 13.1. The van der Waals surface area contributed by atoms with Crippen molar-refractivity contribution in [1.29, 1.82) is 0 Å². The van der Waals surface area contributed by atoms with E-state index in [1.54, 1.807) is 0 Å². The highest BCUT2D eigenvalue weighted by Gasteiger charge is 2.32. The van der Waals surface area contributed by atoms with Crippen LogP contribution in [0.3, 0.4) is 0 Å². The number of imidazole rings is 1. The van der Waals surface area contributed by atoms with Crippen molar-refractivity contribution in [3.63, 3.8) is 0 Å². The van der Waals surface area contributed by atoms with Crippen LogP contribution in [-0.2, 0) is 12.0 Å². The van der Waals surface area contributed by atoms with Gasteiger partial charge in [0.25, 0.3) is 0 Å². The Labute approximate surface area is 123 Å². The molecule has 1 saturated heterocycles. The maximum absolute atomic E-state index is 4.47. The molecule has 0 spiro atoms.